The van der Waals surface area contributed by atoms with Gasteiger partial charge >= 0.3 is 7.12 Å². The van der Waals surface area contributed by atoms with Crippen molar-refractivity contribution in [1.82, 2.24) is 25.5 Å². The second kappa shape index (κ2) is 6.65. The van der Waals surface area contributed by atoms with Gasteiger partial charge in [-0.1, -0.05) is 24.3 Å². The van der Waals surface area contributed by atoms with E-state index in [0.717, 1.165) is 5.56 Å². The highest BCUT2D eigenvalue weighted by molar-refractivity contribution is 6.58. The van der Waals surface area contributed by atoms with Crippen LogP contribution in [0.3, 0.4) is 0 Å². The monoisotopic (exact) mass is 326 g/mol. The van der Waals surface area contributed by atoms with Crippen LogP contribution in [0.4, 0.5) is 5.82 Å². The summed E-state index contributed by atoms with van der Waals surface area (Å²) in [5.41, 5.74) is 2.53. The van der Waals surface area contributed by atoms with Gasteiger partial charge < -0.3 is 20.7 Å². The lowest BCUT2D eigenvalue weighted by Gasteiger charge is -2.07. The summed E-state index contributed by atoms with van der Waals surface area (Å²) in [5.74, 6) is 0.193. The Balaban J connectivity index is 1.80. The number of hydrogen-bond acceptors (Lipinski definition) is 7. The second-order valence-electron chi connectivity index (χ2n) is 5.07. The van der Waals surface area contributed by atoms with Crippen molar-refractivity contribution in [3.05, 3.63) is 41.9 Å². The number of aromatic nitrogens is 4. The van der Waals surface area contributed by atoms with Crippen molar-refractivity contribution in [1.29, 1.82) is 0 Å². The van der Waals surface area contributed by atoms with Crippen molar-refractivity contribution in [3.8, 4) is 0 Å². The van der Waals surface area contributed by atoms with Crippen LogP contribution in [-0.4, -0.2) is 50.3 Å². The molecular formula is C14H15BN6O3. The van der Waals surface area contributed by atoms with Crippen LogP contribution in [0.15, 0.2) is 30.6 Å². The lowest BCUT2D eigenvalue weighted by molar-refractivity contribution is 0.0959. The topological polar surface area (TPSA) is 136 Å². The van der Waals surface area contributed by atoms with Crippen LogP contribution in [0.1, 0.15) is 16.1 Å². The summed E-state index contributed by atoms with van der Waals surface area (Å²) in [7, 11) is 0.0394. The fourth-order valence-electron chi connectivity index (χ4n) is 2.24. The smallest absolute Gasteiger partial charge is 0.423 e. The lowest BCUT2D eigenvalue weighted by Crippen LogP contribution is -2.29. The first-order chi connectivity index (χ1) is 11.6. The van der Waals surface area contributed by atoms with E-state index >= 15 is 0 Å². The number of benzene rings is 1. The Kier molecular flexibility index (Phi) is 4.40. The van der Waals surface area contributed by atoms with Gasteiger partial charge in [0.25, 0.3) is 5.91 Å². The maximum absolute atomic E-state index is 11.8. The number of carbonyl (C=O) groups excluding carboxylic acids is 1. The SMILES string of the molecule is CNC(=O)c1n[nH]c2c(NCc3ccc(B(O)O)cc3)ncnc12. The second-order valence-corrected chi connectivity index (χ2v) is 5.07. The molecule has 0 unspecified atom stereocenters. The molecule has 9 nitrogen and oxygen atoms in total. The van der Waals surface area contributed by atoms with Crippen LogP contribution in [0.5, 0.6) is 0 Å². The van der Waals surface area contributed by atoms with Crippen LogP contribution in [0.25, 0.3) is 11.0 Å². The third-order valence-corrected chi connectivity index (χ3v) is 3.53. The summed E-state index contributed by atoms with van der Waals surface area (Å²) in [6.07, 6.45) is 1.36. The van der Waals surface area contributed by atoms with Crippen molar-refractivity contribution >= 4 is 35.3 Å². The Bertz CT molecular complexity index is 865. The molecule has 5 N–H and O–H groups in total. The van der Waals surface area contributed by atoms with Crippen LogP contribution < -0.4 is 16.1 Å². The van der Waals surface area contributed by atoms with Crippen molar-refractivity contribution in [3.63, 3.8) is 0 Å². The van der Waals surface area contributed by atoms with Gasteiger partial charge in [-0.3, -0.25) is 9.89 Å². The van der Waals surface area contributed by atoms with E-state index in [9.17, 15) is 4.79 Å². The zero-order valence-electron chi connectivity index (χ0n) is 12.8. The van der Waals surface area contributed by atoms with E-state index in [4.69, 9.17) is 10.0 Å². The van der Waals surface area contributed by atoms with Crippen molar-refractivity contribution in [2.75, 3.05) is 12.4 Å². The average molecular weight is 326 g/mol. The van der Waals surface area contributed by atoms with E-state index in [-0.39, 0.29) is 11.6 Å². The van der Waals surface area contributed by atoms with Gasteiger partial charge in [0.05, 0.1) is 0 Å². The normalized spacial score (nSPS) is 10.6. The first-order valence-corrected chi connectivity index (χ1v) is 7.20. The summed E-state index contributed by atoms with van der Waals surface area (Å²) in [4.78, 5) is 20.0. The molecule has 0 aliphatic carbocycles. The molecular weight excluding hydrogens is 311 g/mol. The highest BCUT2D eigenvalue weighted by Crippen LogP contribution is 2.19. The predicted octanol–water partition coefficient (Wildman–Crippen LogP) is -0.996. The van der Waals surface area contributed by atoms with Crippen molar-refractivity contribution < 1.29 is 14.8 Å². The van der Waals surface area contributed by atoms with Gasteiger partial charge in [-0.25, -0.2) is 9.97 Å². The summed E-state index contributed by atoms with van der Waals surface area (Å²) in [6, 6.07) is 6.83. The Morgan fingerprint density at radius 3 is 2.67 bits per heavy atom. The molecule has 3 rings (SSSR count). The molecule has 0 radical (unpaired) electrons. The number of amides is 1. The molecule has 3 aromatic rings. The van der Waals surface area contributed by atoms with E-state index in [1.807, 2.05) is 0 Å². The maximum atomic E-state index is 11.8. The quantitative estimate of drug-likeness (QED) is 0.380. The van der Waals surface area contributed by atoms with E-state index < -0.39 is 7.12 Å². The molecule has 0 aliphatic heterocycles. The number of fused-ring (bicyclic) bond motifs is 1. The number of H-pyrrole nitrogens is 1. The third-order valence-electron chi connectivity index (χ3n) is 3.53. The molecule has 0 aliphatic rings. The minimum Gasteiger partial charge on any atom is -0.423 e. The number of carbonyl (C=O) groups is 1. The zero-order chi connectivity index (χ0) is 17.1. The van der Waals surface area contributed by atoms with Crippen molar-refractivity contribution in [2.45, 2.75) is 6.54 Å². The van der Waals surface area contributed by atoms with E-state index in [2.05, 4.69) is 30.8 Å². The lowest BCUT2D eigenvalue weighted by atomic mass is 9.80. The minimum absolute atomic E-state index is 0.208. The number of rotatable bonds is 5. The van der Waals surface area contributed by atoms with E-state index in [1.54, 1.807) is 24.3 Å². The van der Waals surface area contributed by atoms with Gasteiger partial charge in [0.1, 0.15) is 17.4 Å². The molecule has 0 bridgehead atoms. The maximum Gasteiger partial charge on any atom is 0.488 e. The molecule has 0 saturated heterocycles. The zero-order valence-corrected chi connectivity index (χ0v) is 12.8. The van der Waals surface area contributed by atoms with Gasteiger partial charge in [-0.2, -0.15) is 5.10 Å². The van der Waals surface area contributed by atoms with Crippen LogP contribution >= 0.6 is 0 Å². The molecule has 2 heterocycles. The standard InChI is InChI=1S/C14H15BN6O3/c1-16-14(22)12-10-11(20-21-12)13(19-7-18-10)17-6-8-2-4-9(5-3-8)15(23)24/h2-5,7,23-24H,6H2,1H3,(H,16,22)(H,20,21)(H,17,18,19). The van der Waals surface area contributed by atoms with Crippen LogP contribution in [0, 0.1) is 0 Å². The number of aromatic amines is 1. The third kappa shape index (κ3) is 3.05. The largest absolute Gasteiger partial charge is 0.488 e. The summed E-state index contributed by atoms with van der Waals surface area (Å²) in [5, 5.41) is 30.6. The number of hydrogen-bond donors (Lipinski definition) is 5. The highest BCUT2D eigenvalue weighted by atomic mass is 16.4. The molecule has 1 amide bonds. The number of anilines is 1. The van der Waals surface area contributed by atoms with Crippen LogP contribution in [-0.2, 0) is 6.54 Å². The Morgan fingerprint density at radius 2 is 2.00 bits per heavy atom. The van der Waals surface area contributed by atoms with Crippen molar-refractivity contribution in [2.24, 2.45) is 0 Å². The first-order valence-electron chi connectivity index (χ1n) is 7.20. The Hall–Kier alpha value is -2.98. The summed E-state index contributed by atoms with van der Waals surface area (Å²) >= 11 is 0. The molecule has 24 heavy (non-hydrogen) atoms. The van der Waals surface area contributed by atoms with Gasteiger partial charge in [0.2, 0.25) is 0 Å². The molecule has 122 valence electrons. The van der Waals surface area contributed by atoms with E-state index in [0.29, 0.717) is 28.9 Å². The molecule has 0 fully saturated rings. The predicted molar refractivity (Wildman–Crippen MR) is 88.7 cm³/mol. The van der Waals surface area contributed by atoms with Crippen LogP contribution in [0.2, 0.25) is 0 Å². The molecule has 0 saturated carbocycles. The fraction of sp³-hybridized carbons (Fsp3) is 0.143. The number of nitrogens with zero attached hydrogens (tertiary/aromatic N) is 3. The molecule has 0 spiro atoms. The molecule has 2 aromatic heterocycles. The van der Waals surface area contributed by atoms with E-state index in [1.165, 1.54) is 13.4 Å². The van der Waals surface area contributed by atoms with Gasteiger partial charge in [-0.15, -0.1) is 0 Å². The summed E-state index contributed by atoms with van der Waals surface area (Å²) in [6.45, 7) is 0.461. The minimum atomic E-state index is -1.48. The van der Waals surface area contributed by atoms with Gasteiger partial charge in [0.15, 0.2) is 11.5 Å². The van der Waals surface area contributed by atoms with Gasteiger partial charge in [0, 0.05) is 13.6 Å². The molecule has 10 heteroatoms. The Morgan fingerprint density at radius 1 is 1.25 bits per heavy atom. The average Bonchev–Trinajstić information content (AvgIpc) is 3.04. The molecule has 0 atom stereocenters. The Labute approximate surface area is 137 Å². The molecule has 1 aromatic carbocycles. The highest BCUT2D eigenvalue weighted by Gasteiger charge is 2.16. The summed E-state index contributed by atoms with van der Waals surface area (Å²) < 4.78 is 0. The first kappa shape index (κ1) is 15.9. The fourth-order valence-corrected chi connectivity index (χ4v) is 2.24. The number of nitrogens with one attached hydrogen (secondary N) is 3. The van der Waals surface area contributed by atoms with Gasteiger partial charge in [-0.05, 0) is 11.0 Å².